The van der Waals surface area contributed by atoms with Crippen LogP contribution in [0.15, 0.2) is 6.07 Å². The van der Waals surface area contributed by atoms with Crippen molar-refractivity contribution in [3.8, 4) is 0 Å². The van der Waals surface area contributed by atoms with E-state index in [0.717, 1.165) is 19.5 Å². The second-order valence-corrected chi connectivity index (χ2v) is 4.50. The molecule has 0 spiro atoms. The number of nitrogens with one attached hydrogen (secondary N) is 1. The van der Waals surface area contributed by atoms with Crippen LogP contribution in [0.2, 0.25) is 0 Å². The summed E-state index contributed by atoms with van der Waals surface area (Å²) in [5.74, 6) is 0. The van der Waals surface area contributed by atoms with E-state index in [2.05, 4.69) is 50.6 Å². The second-order valence-electron chi connectivity index (χ2n) is 4.50. The molecular weight excluding hydrogens is 184 g/mol. The minimum atomic E-state index is 0.583. The van der Waals surface area contributed by atoms with Crippen molar-refractivity contribution in [3.05, 3.63) is 23.0 Å². The fourth-order valence-electron chi connectivity index (χ4n) is 2.11. The SMILES string of the molecule is CCn1c(C)cc(CCNC(C)C)c1C. The summed E-state index contributed by atoms with van der Waals surface area (Å²) < 4.78 is 2.38. The van der Waals surface area contributed by atoms with Crippen LogP contribution >= 0.6 is 0 Å². The highest BCUT2D eigenvalue weighted by Crippen LogP contribution is 2.15. The number of hydrogen-bond acceptors (Lipinski definition) is 1. The van der Waals surface area contributed by atoms with Crippen LogP contribution < -0.4 is 5.32 Å². The van der Waals surface area contributed by atoms with E-state index in [1.165, 1.54) is 17.0 Å². The maximum atomic E-state index is 3.46. The lowest BCUT2D eigenvalue weighted by Gasteiger charge is -2.08. The van der Waals surface area contributed by atoms with Crippen LogP contribution in [0.5, 0.6) is 0 Å². The van der Waals surface area contributed by atoms with Crippen molar-refractivity contribution in [1.29, 1.82) is 0 Å². The third-order valence-corrected chi connectivity index (χ3v) is 2.94. The van der Waals surface area contributed by atoms with E-state index < -0.39 is 0 Å². The third kappa shape index (κ3) is 3.10. The van der Waals surface area contributed by atoms with Gasteiger partial charge in [0.1, 0.15) is 0 Å². The van der Waals surface area contributed by atoms with Crippen molar-refractivity contribution in [1.82, 2.24) is 9.88 Å². The maximum absolute atomic E-state index is 3.46. The first-order valence-corrected chi connectivity index (χ1v) is 5.95. The van der Waals surface area contributed by atoms with Gasteiger partial charge in [0.05, 0.1) is 0 Å². The molecule has 0 amide bonds. The van der Waals surface area contributed by atoms with E-state index in [0.29, 0.717) is 6.04 Å². The minimum Gasteiger partial charge on any atom is -0.349 e. The number of rotatable bonds is 5. The summed E-state index contributed by atoms with van der Waals surface area (Å²) >= 11 is 0. The summed E-state index contributed by atoms with van der Waals surface area (Å²) in [5, 5.41) is 3.46. The van der Waals surface area contributed by atoms with E-state index in [9.17, 15) is 0 Å². The van der Waals surface area contributed by atoms with Gasteiger partial charge in [-0.3, -0.25) is 0 Å². The normalized spacial score (nSPS) is 11.3. The summed E-state index contributed by atoms with van der Waals surface area (Å²) in [4.78, 5) is 0. The molecule has 0 bridgehead atoms. The van der Waals surface area contributed by atoms with Crippen LogP contribution in [0, 0.1) is 13.8 Å². The van der Waals surface area contributed by atoms with Gasteiger partial charge in [0.15, 0.2) is 0 Å². The summed E-state index contributed by atoms with van der Waals surface area (Å²) in [6.45, 7) is 13.2. The van der Waals surface area contributed by atoms with Crippen molar-refractivity contribution < 1.29 is 0 Å². The molecule has 1 aromatic rings. The molecule has 0 atom stereocenters. The molecule has 0 aliphatic rings. The molecule has 2 heteroatoms. The largest absolute Gasteiger partial charge is 0.349 e. The molecule has 86 valence electrons. The first-order chi connectivity index (χ1) is 7.06. The van der Waals surface area contributed by atoms with E-state index in [1.807, 2.05) is 0 Å². The molecule has 1 aromatic heterocycles. The van der Waals surface area contributed by atoms with Crippen LogP contribution in [-0.2, 0) is 13.0 Å². The number of hydrogen-bond donors (Lipinski definition) is 1. The van der Waals surface area contributed by atoms with Crippen LogP contribution in [-0.4, -0.2) is 17.2 Å². The average Bonchev–Trinajstić information content (AvgIpc) is 2.41. The quantitative estimate of drug-likeness (QED) is 0.787. The molecule has 1 heterocycles. The van der Waals surface area contributed by atoms with Crippen molar-refractivity contribution >= 4 is 0 Å². The van der Waals surface area contributed by atoms with Gasteiger partial charge in [-0.2, -0.15) is 0 Å². The highest BCUT2D eigenvalue weighted by molar-refractivity contribution is 5.26. The molecule has 0 aliphatic heterocycles. The van der Waals surface area contributed by atoms with Crippen LogP contribution in [0.25, 0.3) is 0 Å². The van der Waals surface area contributed by atoms with Crippen molar-refractivity contribution in [3.63, 3.8) is 0 Å². The molecule has 0 unspecified atom stereocenters. The minimum absolute atomic E-state index is 0.583. The molecule has 0 saturated heterocycles. The Kier molecular flexibility index (Phi) is 4.40. The molecule has 15 heavy (non-hydrogen) atoms. The fourth-order valence-corrected chi connectivity index (χ4v) is 2.11. The van der Waals surface area contributed by atoms with Crippen LogP contribution in [0.4, 0.5) is 0 Å². The summed E-state index contributed by atoms with van der Waals surface area (Å²) in [5.41, 5.74) is 4.30. The topological polar surface area (TPSA) is 17.0 Å². The standard InChI is InChI=1S/C13H24N2/c1-6-15-11(4)9-13(12(15)5)7-8-14-10(2)3/h9-10,14H,6-8H2,1-5H3. The van der Waals surface area contributed by atoms with Gasteiger partial charge in [-0.05, 0) is 45.4 Å². The Bertz CT molecular complexity index is 311. The third-order valence-electron chi connectivity index (χ3n) is 2.94. The van der Waals surface area contributed by atoms with Crippen LogP contribution in [0.3, 0.4) is 0 Å². The van der Waals surface area contributed by atoms with E-state index in [4.69, 9.17) is 0 Å². The first kappa shape index (κ1) is 12.3. The smallest absolute Gasteiger partial charge is 0.0196 e. The molecule has 1 rings (SSSR count). The highest BCUT2D eigenvalue weighted by Gasteiger charge is 2.06. The Hall–Kier alpha value is -0.760. The number of nitrogens with zero attached hydrogens (tertiary/aromatic N) is 1. The first-order valence-electron chi connectivity index (χ1n) is 5.95. The lowest BCUT2D eigenvalue weighted by Crippen LogP contribution is -2.25. The molecule has 0 aliphatic carbocycles. The second kappa shape index (κ2) is 5.36. The number of aromatic nitrogens is 1. The highest BCUT2D eigenvalue weighted by atomic mass is 15.0. The molecule has 0 aromatic carbocycles. The Morgan fingerprint density at radius 2 is 2.00 bits per heavy atom. The zero-order valence-electron chi connectivity index (χ0n) is 10.7. The Labute approximate surface area is 93.7 Å². The Morgan fingerprint density at radius 3 is 2.47 bits per heavy atom. The average molecular weight is 208 g/mol. The zero-order valence-corrected chi connectivity index (χ0v) is 10.7. The van der Waals surface area contributed by atoms with Gasteiger partial charge >= 0.3 is 0 Å². The maximum Gasteiger partial charge on any atom is 0.0196 e. The predicted octanol–water partition coefficient (Wildman–Crippen LogP) is 2.67. The van der Waals surface area contributed by atoms with E-state index >= 15 is 0 Å². The molecule has 1 N–H and O–H groups in total. The molecule has 0 radical (unpaired) electrons. The lowest BCUT2D eigenvalue weighted by molar-refractivity contribution is 0.589. The van der Waals surface area contributed by atoms with Gasteiger partial charge in [0.25, 0.3) is 0 Å². The number of aryl methyl sites for hydroxylation is 1. The van der Waals surface area contributed by atoms with Crippen molar-refractivity contribution in [2.45, 2.75) is 53.6 Å². The Morgan fingerprint density at radius 1 is 1.33 bits per heavy atom. The van der Waals surface area contributed by atoms with Gasteiger partial charge in [-0.15, -0.1) is 0 Å². The van der Waals surface area contributed by atoms with Gasteiger partial charge in [0.2, 0.25) is 0 Å². The Balaban J connectivity index is 2.62. The van der Waals surface area contributed by atoms with Gasteiger partial charge in [-0.1, -0.05) is 13.8 Å². The molecule has 0 fully saturated rings. The predicted molar refractivity (Wildman–Crippen MR) is 66.4 cm³/mol. The summed E-state index contributed by atoms with van der Waals surface area (Å²) in [7, 11) is 0. The van der Waals surface area contributed by atoms with Gasteiger partial charge < -0.3 is 9.88 Å². The molecule has 2 nitrogen and oxygen atoms in total. The van der Waals surface area contributed by atoms with E-state index in [1.54, 1.807) is 0 Å². The summed E-state index contributed by atoms with van der Waals surface area (Å²) in [6.07, 6.45) is 1.14. The van der Waals surface area contributed by atoms with Crippen LogP contribution in [0.1, 0.15) is 37.7 Å². The fraction of sp³-hybridized carbons (Fsp3) is 0.692. The van der Waals surface area contributed by atoms with Gasteiger partial charge in [0, 0.05) is 24.0 Å². The molecule has 0 saturated carbocycles. The van der Waals surface area contributed by atoms with Gasteiger partial charge in [-0.25, -0.2) is 0 Å². The zero-order chi connectivity index (χ0) is 11.4. The van der Waals surface area contributed by atoms with Crippen molar-refractivity contribution in [2.75, 3.05) is 6.54 Å². The molecular formula is C13H24N2. The lowest BCUT2D eigenvalue weighted by atomic mass is 10.2. The summed E-state index contributed by atoms with van der Waals surface area (Å²) in [6, 6.07) is 2.90. The monoisotopic (exact) mass is 208 g/mol. The van der Waals surface area contributed by atoms with E-state index in [-0.39, 0.29) is 0 Å². The van der Waals surface area contributed by atoms with Crippen molar-refractivity contribution in [2.24, 2.45) is 0 Å².